The summed E-state index contributed by atoms with van der Waals surface area (Å²) in [6.07, 6.45) is 10.9. The molecule has 0 radical (unpaired) electrons. The lowest BCUT2D eigenvalue weighted by Gasteiger charge is -2.44. The zero-order valence-corrected chi connectivity index (χ0v) is 34.5. The number of esters is 1. The van der Waals surface area contributed by atoms with E-state index in [9.17, 15) is 9.59 Å². The zero-order valence-electron chi connectivity index (χ0n) is 34.5. The molecule has 0 bridgehead atoms. The second-order valence-corrected chi connectivity index (χ2v) is 17.4. The van der Waals surface area contributed by atoms with Gasteiger partial charge in [0.15, 0.2) is 18.4 Å². The van der Waals surface area contributed by atoms with Gasteiger partial charge in [-0.25, -0.2) is 0 Å². The first-order chi connectivity index (χ1) is 25.9. The van der Waals surface area contributed by atoms with Crippen LogP contribution in [0.2, 0.25) is 0 Å². The van der Waals surface area contributed by atoms with Crippen molar-refractivity contribution in [3.8, 4) is 0 Å². The Hall–Kier alpha value is -1.70. The Balaban J connectivity index is 1.22. The van der Waals surface area contributed by atoms with Gasteiger partial charge in [-0.05, 0) is 108 Å². The molecule has 0 aromatic heterocycles. The summed E-state index contributed by atoms with van der Waals surface area (Å²) >= 11 is 0. The van der Waals surface area contributed by atoms with Crippen LogP contribution in [0.4, 0.5) is 0 Å². The number of likely N-dealkylation sites (N-methyl/N-ethyl adjacent to an activating group) is 1. The van der Waals surface area contributed by atoms with E-state index in [1.807, 2.05) is 13.8 Å². The maximum absolute atomic E-state index is 14.7. The van der Waals surface area contributed by atoms with E-state index in [1.165, 1.54) is 0 Å². The van der Waals surface area contributed by atoms with Crippen LogP contribution in [0.15, 0.2) is 23.8 Å². The van der Waals surface area contributed by atoms with Crippen LogP contribution in [0.1, 0.15) is 92.4 Å². The first-order valence-electron chi connectivity index (χ1n) is 20.9. The van der Waals surface area contributed by atoms with E-state index in [4.69, 9.17) is 37.9 Å². The Labute approximate surface area is 324 Å². The summed E-state index contributed by atoms with van der Waals surface area (Å²) in [5.41, 5.74) is 0.765. The fraction of sp³-hybridized carbons (Fsp3) is 0.860. The maximum atomic E-state index is 14.7. The number of hydrogen-bond donors (Lipinski definition) is 0. The predicted molar refractivity (Wildman–Crippen MR) is 203 cm³/mol. The highest BCUT2D eigenvalue weighted by molar-refractivity contribution is 5.99. The van der Waals surface area contributed by atoms with E-state index in [0.29, 0.717) is 18.4 Å². The summed E-state index contributed by atoms with van der Waals surface area (Å²) < 4.78 is 49.9. The topological polar surface area (TPSA) is 111 Å². The number of ketones is 1. The maximum Gasteiger partial charge on any atom is 0.306 e. The van der Waals surface area contributed by atoms with Crippen molar-refractivity contribution in [1.29, 1.82) is 0 Å². The average molecular weight is 760 g/mol. The standard InChI is InChI=1S/C43H69NO10/c1-11-23(2)35-13-12-14-36(54-38-18-17-34(44(6)7)25(4)50-38)24(3)39(46)33-21-31-29(32(33)22-37(45)53-35)16-15-27-19-28(20-30(27)31)52-43-42(49-10)41(48-9)40(47-8)26(5)51-43/h15-16,21,23-32,34-36,38,40-43H,11-14,17-20,22H2,1-10H3/t23-,24+,25+,26-,27+,28+,29+,30+,31+,32-,34-,35+,36-,38-,40-,41+,42+,43-/m0/s1. The van der Waals surface area contributed by atoms with Crippen LogP contribution >= 0.6 is 0 Å². The molecule has 0 spiro atoms. The fourth-order valence-corrected chi connectivity index (χ4v) is 10.7. The van der Waals surface area contributed by atoms with Gasteiger partial charge in [0, 0.05) is 39.2 Å². The number of hydrogen-bond acceptors (Lipinski definition) is 11. The van der Waals surface area contributed by atoms with Crippen LogP contribution in [0, 0.1) is 41.4 Å². The Bertz CT molecular complexity index is 1340. The van der Waals surface area contributed by atoms with Crippen LogP contribution in [-0.4, -0.2) is 120 Å². The van der Waals surface area contributed by atoms with Gasteiger partial charge in [-0.15, -0.1) is 0 Å². The smallest absolute Gasteiger partial charge is 0.306 e. The van der Waals surface area contributed by atoms with E-state index in [1.54, 1.807) is 21.3 Å². The number of nitrogens with zero attached hydrogens (tertiary/aromatic N) is 1. The van der Waals surface area contributed by atoms with Crippen molar-refractivity contribution in [1.82, 2.24) is 4.90 Å². The average Bonchev–Trinajstić information content (AvgIpc) is 3.73. The predicted octanol–water partition coefficient (Wildman–Crippen LogP) is 6.12. The molecule has 3 heterocycles. The van der Waals surface area contributed by atoms with Crippen LogP contribution < -0.4 is 0 Å². The molecule has 1 saturated carbocycles. The molecule has 0 unspecified atom stereocenters. The molecule has 0 aromatic carbocycles. The third kappa shape index (κ3) is 8.74. The molecule has 18 atom stereocenters. The molecule has 54 heavy (non-hydrogen) atoms. The minimum atomic E-state index is -0.597. The summed E-state index contributed by atoms with van der Waals surface area (Å²) in [6.45, 7) is 10.4. The number of carbonyl (C=O) groups is 2. The second kappa shape index (κ2) is 18.3. The molecule has 3 saturated heterocycles. The second-order valence-electron chi connectivity index (χ2n) is 17.4. The largest absolute Gasteiger partial charge is 0.462 e. The highest BCUT2D eigenvalue weighted by Gasteiger charge is 2.53. The number of fused-ring (bicyclic) bond motifs is 5. The van der Waals surface area contributed by atoms with Crippen LogP contribution in [-0.2, 0) is 47.5 Å². The molecule has 306 valence electrons. The minimum absolute atomic E-state index is 0.0336. The van der Waals surface area contributed by atoms with Crippen molar-refractivity contribution in [2.45, 2.75) is 160 Å². The van der Waals surface area contributed by atoms with E-state index in [-0.39, 0.29) is 103 Å². The Morgan fingerprint density at radius 1 is 0.852 bits per heavy atom. The Morgan fingerprint density at radius 3 is 2.26 bits per heavy atom. The summed E-state index contributed by atoms with van der Waals surface area (Å²) in [7, 11) is 9.16. The molecular weight excluding hydrogens is 690 g/mol. The lowest BCUT2D eigenvalue weighted by Crippen LogP contribution is -2.59. The van der Waals surface area contributed by atoms with Crippen LogP contribution in [0.25, 0.3) is 0 Å². The normalized spacial score (nSPS) is 45.1. The highest BCUT2D eigenvalue weighted by Crippen LogP contribution is 2.54. The van der Waals surface area contributed by atoms with Gasteiger partial charge >= 0.3 is 5.97 Å². The van der Waals surface area contributed by atoms with Crippen LogP contribution in [0.3, 0.4) is 0 Å². The summed E-state index contributed by atoms with van der Waals surface area (Å²) in [5.74, 6) is 0.231. The van der Waals surface area contributed by atoms with E-state index in [2.05, 4.69) is 58.0 Å². The number of ether oxygens (including phenoxy) is 8. The molecule has 6 rings (SSSR count). The fourth-order valence-electron chi connectivity index (χ4n) is 10.7. The Morgan fingerprint density at radius 2 is 1.59 bits per heavy atom. The molecule has 3 aliphatic heterocycles. The number of methoxy groups -OCH3 is 3. The van der Waals surface area contributed by atoms with Gasteiger partial charge in [-0.2, -0.15) is 0 Å². The van der Waals surface area contributed by atoms with Gasteiger partial charge in [-0.1, -0.05) is 45.4 Å². The van der Waals surface area contributed by atoms with E-state index >= 15 is 0 Å². The van der Waals surface area contributed by atoms with E-state index in [0.717, 1.165) is 50.5 Å². The van der Waals surface area contributed by atoms with Gasteiger partial charge in [0.25, 0.3) is 0 Å². The van der Waals surface area contributed by atoms with Gasteiger partial charge in [0.05, 0.1) is 30.8 Å². The van der Waals surface area contributed by atoms with Crippen molar-refractivity contribution in [2.75, 3.05) is 35.4 Å². The van der Waals surface area contributed by atoms with Crippen molar-refractivity contribution < 1.29 is 47.5 Å². The number of allylic oxidation sites excluding steroid dienone is 4. The molecule has 11 nitrogen and oxygen atoms in total. The summed E-state index contributed by atoms with van der Waals surface area (Å²) in [4.78, 5) is 30.7. The van der Waals surface area contributed by atoms with Crippen molar-refractivity contribution in [2.24, 2.45) is 41.4 Å². The zero-order chi connectivity index (χ0) is 38.8. The van der Waals surface area contributed by atoms with Gasteiger partial charge in [0.2, 0.25) is 0 Å². The van der Waals surface area contributed by atoms with Gasteiger partial charge < -0.3 is 42.8 Å². The minimum Gasteiger partial charge on any atom is -0.462 e. The number of cyclic esters (lactones) is 1. The van der Waals surface area contributed by atoms with Gasteiger partial charge in [-0.3, -0.25) is 9.59 Å². The van der Waals surface area contributed by atoms with Crippen molar-refractivity contribution in [3.63, 3.8) is 0 Å². The first-order valence-corrected chi connectivity index (χ1v) is 20.9. The number of Topliss-reactive ketones (excluding diaryl/α,β-unsaturated/α-hetero) is 1. The van der Waals surface area contributed by atoms with Crippen LogP contribution in [0.5, 0.6) is 0 Å². The third-order valence-corrected chi connectivity index (χ3v) is 14.0. The molecule has 3 aliphatic carbocycles. The van der Waals surface area contributed by atoms with Gasteiger partial charge in [0.1, 0.15) is 24.4 Å². The summed E-state index contributed by atoms with van der Waals surface area (Å²) in [5, 5.41) is 0. The quantitative estimate of drug-likeness (QED) is 0.190. The third-order valence-electron chi connectivity index (χ3n) is 14.0. The molecule has 0 amide bonds. The number of rotatable bonds is 10. The van der Waals surface area contributed by atoms with Crippen molar-refractivity contribution in [3.05, 3.63) is 23.8 Å². The molecule has 4 fully saturated rings. The SMILES string of the molecule is CC[C@H](C)[C@H]1CCC[C@H](O[C@H]2CC[C@H](N(C)C)[C@@H](C)O2)[C@@H](C)C(=O)C2=C[C@@H]3[C@@H](C=C[C@@H]4C[C@@H](O[C@@H]5O[C@@H](C)[C@H](OC)[C@@H](OC)[C@H]5OC)C[C@@H]34)[C@@H]2CC(=O)O1. The van der Waals surface area contributed by atoms with E-state index < -0.39 is 12.4 Å². The highest BCUT2D eigenvalue weighted by atomic mass is 16.7. The van der Waals surface area contributed by atoms with Crippen molar-refractivity contribution >= 4 is 11.8 Å². The molecule has 11 heteroatoms. The number of carbonyl (C=O) groups excluding carboxylic acids is 2. The molecular formula is C43H69NO10. The lowest BCUT2D eigenvalue weighted by molar-refractivity contribution is -0.314. The lowest BCUT2D eigenvalue weighted by atomic mass is 9.70. The monoisotopic (exact) mass is 759 g/mol. The molecule has 6 aliphatic rings. The molecule has 0 N–H and O–H groups in total. The summed E-state index contributed by atoms with van der Waals surface area (Å²) in [6, 6.07) is 0.335. The Kier molecular flexibility index (Phi) is 14.2. The molecule has 0 aromatic rings. The first kappa shape index (κ1) is 41.9.